The minimum absolute atomic E-state index is 0.0924. The third-order valence-corrected chi connectivity index (χ3v) is 5.75. The summed E-state index contributed by atoms with van der Waals surface area (Å²) in [6, 6.07) is 9.28. The molecule has 3 N–H and O–H groups in total. The standard InChI is InChI=1S/C20H23N5O3S/c1-13(26)21-11-15-3-5-18(29-15)20(27)22-14-2-4-16-17(10-14)24-19(23-16)12-25-6-8-28-9-7-25/h2-5,10H,6-9,11-12H2,1H3,(H,21,26)(H,22,27)(H,23,24). The molecule has 3 heterocycles. The second-order valence-corrected chi connectivity index (χ2v) is 8.10. The molecule has 0 unspecified atom stereocenters. The Bertz CT molecular complexity index is 1020. The van der Waals surface area contributed by atoms with E-state index in [0.29, 0.717) is 17.1 Å². The fourth-order valence-electron chi connectivity index (χ4n) is 3.19. The van der Waals surface area contributed by atoms with E-state index in [4.69, 9.17) is 4.74 Å². The van der Waals surface area contributed by atoms with Gasteiger partial charge in [0.2, 0.25) is 5.91 Å². The number of hydrogen-bond donors (Lipinski definition) is 3. The number of thiophene rings is 1. The third kappa shape index (κ3) is 5.00. The van der Waals surface area contributed by atoms with Crippen molar-refractivity contribution in [3.05, 3.63) is 45.9 Å². The van der Waals surface area contributed by atoms with Crippen LogP contribution in [0.1, 0.15) is 27.3 Å². The molecule has 29 heavy (non-hydrogen) atoms. The third-order valence-electron chi connectivity index (χ3n) is 4.66. The quantitative estimate of drug-likeness (QED) is 0.576. The normalized spacial score (nSPS) is 14.8. The molecule has 0 aliphatic carbocycles. The van der Waals surface area contributed by atoms with Crippen molar-refractivity contribution >= 4 is 39.9 Å². The van der Waals surface area contributed by atoms with Crippen LogP contribution in [0, 0.1) is 0 Å². The van der Waals surface area contributed by atoms with Gasteiger partial charge in [-0.1, -0.05) is 0 Å². The summed E-state index contributed by atoms with van der Waals surface area (Å²) in [5.74, 6) is 0.646. The molecule has 3 aromatic rings. The Morgan fingerprint density at radius 1 is 1.24 bits per heavy atom. The van der Waals surface area contributed by atoms with E-state index in [2.05, 4.69) is 25.5 Å². The van der Waals surface area contributed by atoms with Crippen LogP contribution >= 0.6 is 11.3 Å². The van der Waals surface area contributed by atoms with Crippen LogP contribution in [-0.2, 0) is 22.6 Å². The number of rotatable bonds is 6. The van der Waals surface area contributed by atoms with E-state index in [-0.39, 0.29) is 11.8 Å². The first-order valence-corrected chi connectivity index (χ1v) is 10.3. The van der Waals surface area contributed by atoms with E-state index in [0.717, 1.165) is 54.6 Å². The zero-order valence-corrected chi connectivity index (χ0v) is 17.0. The van der Waals surface area contributed by atoms with Gasteiger partial charge in [-0.05, 0) is 30.3 Å². The van der Waals surface area contributed by atoms with Crippen LogP contribution in [0.25, 0.3) is 11.0 Å². The van der Waals surface area contributed by atoms with E-state index in [1.165, 1.54) is 18.3 Å². The van der Waals surface area contributed by atoms with Gasteiger partial charge in [-0.15, -0.1) is 11.3 Å². The number of H-pyrrole nitrogens is 1. The highest BCUT2D eigenvalue weighted by atomic mass is 32.1. The molecular formula is C20H23N5O3S. The van der Waals surface area contributed by atoms with Crippen LogP contribution in [-0.4, -0.2) is 53.0 Å². The molecule has 2 aromatic heterocycles. The lowest BCUT2D eigenvalue weighted by molar-refractivity contribution is -0.119. The minimum Gasteiger partial charge on any atom is -0.379 e. The van der Waals surface area contributed by atoms with Crippen LogP contribution in [0.5, 0.6) is 0 Å². The number of benzene rings is 1. The minimum atomic E-state index is -0.170. The molecule has 0 atom stereocenters. The molecule has 152 valence electrons. The number of morpholine rings is 1. The number of nitrogens with one attached hydrogen (secondary N) is 3. The number of aromatic amines is 1. The fourth-order valence-corrected chi connectivity index (χ4v) is 4.03. The van der Waals surface area contributed by atoms with Crippen LogP contribution in [0.3, 0.4) is 0 Å². The van der Waals surface area contributed by atoms with E-state index < -0.39 is 0 Å². The summed E-state index contributed by atoms with van der Waals surface area (Å²) in [5.41, 5.74) is 2.48. The maximum atomic E-state index is 12.5. The Morgan fingerprint density at radius 2 is 2.07 bits per heavy atom. The lowest BCUT2D eigenvalue weighted by Crippen LogP contribution is -2.35. The average molecular weight is 414 g/mol. The first-order chi connectivity index (χ1) is 14.1. The molecule has 8 nitrogen and oxygen atoms in total. The Labute approximate surface area is 172 Å². The second-order valence-electron chi connectivity index (χ2n) is 6.93. The van der Waals surface area contributed by atoms with Gasteiger partial charge in [0.05, 0.1) is 42.2 Å². The first kappa shape index (κ1) is 19.6. The van der Waals surface area contributed by atoms with E-state index >= 15 is 0 Å². The van der Waals surface area contributed by atoms with Crippen LogP contribution in [0.15, 0.2) is 30.3 Å². The van der Waals surface area contributed by atoms with Crippen molar-refractivity contribution in [3.8, 4) is 0 Å². The van der Waals surface area contributed by atoms with Crippen molar-refractivity contribution < 1.29 is 14.3 Å². The van der Waals surface area contributed by atoms with Crippen molar-refractivity contribution in [2.24, 2.45) is 0 Å². The highest BCUT2D eigenvalue weighted by molar-refractivity contribution is 7.14. The highest BCUT2D eigenvalue weighted by Gasteiger charge is 2.14. The predicted molar refractivity (Wildman–Crippen MR) is 112 cm³/mol. The number of aromatic nitrogens is 2. The number of fused-ring (bicyclic) bond motifs is 1. The summed E-state index contributed by atoms with van der Waals surface area (Å²) < 4.78 is 5.38. The van der Waals surface area contributed by atoms with Gasteiger partial charge in [-0.25, -0.2) is 4.98 Å². The molecule has 1 fully saturated rings. The van der Waals surface area contributed by atoms with E-state index in [1.54, 1.807) is 6.07 Å². The van der Waals surface area contributed by atoms with E-state index in [9.17, 15) is 9.59 Å². The van der Waals surface area contributed by atoms with Crippen molar-refractivity contribution in [2.45, 2.75) is 20.0 Å². The monoisotopic (exact) mass is 413 g/mol. The number of hydrogen-bond acceptors (Lipinski definition) is 6. The van der Waals surface area contributed by atoms with Gasteiger partial charge < -0.3 is 20.4 Å². The number of anilines is 1. The number of ether oxygens (including phenoxy) is 1. The summed E-state index contributed by atoms with van der Waals surface area (Å²) in [5, 5.41) is 5.66. The number of carbonyl (C=O) groups excluding carboxylic acids is 2. The van der Waals surface area contributed by atoms with Gasteiger partial charge in [0.25, 0.3) is 5.91 Å². The molecule has 1 saturated heterocycles. The van der Waals surface area contributed by atoms with Crippen molar-refractivity contribution in [1.29, 1.82) is 0 Å². The molecule has 0 radical (unpaired) electrons. The number of amides is 2. The molecule has 0 spiro atoms. The highest BCUT2D eigenvalue weighted by Crippen LogP contribution is 2.21. The van der Waals surface area contributed by atoms with Gasteiger partial charge >= 0.3 is 0 Å². The second kappa shape index (κ2) is 8.73. The molecule has 2 amide bonds. The summed E-state index contributed by atoms with van der Waals surface area (Å²) >= 11 is 1.37. The molecule has 0 saturated carbocycles. The largest absolute Gasteiger partial charge is 0.379 e. The molecule has 9 heteroatoms. The zero-order chi connectivity index (χ0) is 20.2. The summed E-state index contributed by atoms with van der Waals surface area (Å²) in [4.78, 5) is 35.4. The Balaban J connectivity index is 1.41. The lowest BCUT2D eigenvalue weighted by Gasteiger charge is -2.25. The van der Waals surface area contributed by atoms with Gasteiger partial charge in [0, 0.05) is 30.6 Å². The number of imidazole rings is 1. The van der Waals surface area contributed by atoms with Crippen molar-refractivity contribution in [1.82, 2.24) is 20.2 Å². The molecule has 0 bridgehead atoms. The number of nitrogens with zero attached hydrogens (tertiary/aromatic N) is 2. The van der Waals surface area contributed by atoms with Gasteiger partial charge in [-0.3, -0.25) is 14.5 Å². The molecule has 4 rings (SSSR count). The Hall–Kier alpha value is -2.75. The summed E-state index contributed by atoms with van der Waals surface area (Å²) in [6.45, 7) is 5.98. The van der Waals surface area contributed by atoms with Crippen LogP contribution in [0.2, 0.25) is 0 Å². The maximum absolute atomic E-state index is 12.5. The molecule has 1 aliphatic heterocycles. The smallest absolute Gasteiger partial charge is 0.265 e. The summed E-state index contributed by atoms with van der Waals surface area (Å²) in [6.07, 6.45) is 0. The van der Waals surface area contributed by atoms with Gasteiger partial charge in [0.1, 0.15) is 5.82 Å². The predicted octanol–water partition coefficient (Wildman–Crippen LogP) is 2.34. The fraction of sp³-hybridized carbons (Fsp3) is 0.350. The van der Waals surface area contributed by atoms with Crippen LogP contribution < -0.4 is 10.6 Å². The lowest BCUT2D eigenvalue weighted by atomic mass is 10.2. The van der Waals surface area contributed by atoms with Gasteiger partial charge in [0.15, 0.2) is 0 Å². The van der Waals surface area contributed by atoms with Crippen LogP contribution in [0.4, 0.5) is 5.69 Å². The maximum Gasteiger partial charge on any atom is 0.265 e. The zero-order valence-electron chi connectivity index (χ0n) is 16.2. The Morgan fingerprint density at radius 3 is 2.86 bits per heavy atom. The molecular weight excluding hydrogens is 390 g/mol. The molecule has 1 aliphatic rings. The van der Waals surface area contributed by atoms with Crippen molar-refractivity contribution in [3.63, 3.8) is 0 Å². The van der Waals surface area contributed by atoms with Crippen molar-refractivity contribution in [2.75, 3.05) is 31.6 Å². The average Bonchev–Trinajstić information content (AvgIpc) is 3.33. The summed E-state index contributed by atoms with van der Waals surface area (Å²) in [7, 11) is 0. The Kier molecular flexibility index (Phi) is 5.89. The number of carbonyl (C=O) groups is 2. The van der Waals surface area contributed by atoms with Gasteiger partial charge in [-0.2, -0.15) is 0 Å². The first-order valence-electron chi connectivity index (χ1n) is 9.50. The van der Waals surface area contributed by atoms with E-state index in [1.807, 2.05) is 24.3 Å². The topological polar surface area (TPSA) is 99.3 Å². The molecule has 1 aromatic carbocycles. The SMILES string of the molecule is CC(=O)NCc1ccc(C(=O)Nc2ccc3nc(CN4CCOCC4)[nH]c3c2)s1.